The maximum absolute atomic E-state index is 13.7. The first-order valence-electron chi connectivity index (χ1n) is 9.32. The third kappa shape index (κ3) is 3.12. The van der Waals surface area contributed by atoms with E-state index in [1.54, 1.807) is 14.0 Å². The smallest absolute Gasteiger partial charge is 0.321 e. The summed E-state index contributed by atoms with van der Waals surface area (Å²) in [6.45, 7) is 2.43. The zero-order chi connectivity index (χ0) is 21.8. The molecule has 3 aromatic heterocycles. The Morgan fingerprint density at radius 2 is 1.90 bits per heavy atom. The maximum atomic E-state index is 13.7. The van der Waals surface area contributed by atoms with Crippen molar-refractivity contribution in [2.45, 2.75) is 49.9 Å². The fourth-order valence-corrected chi connectivity index (χ4v) is 4.66. The monoisotopic (exact) mass is 447 g/mol. The molecule has 1 atom stereocenters. The van der Waals surface area contributed by atoms with Crippen molar-refractivity contribution in [2.24, 2.45) is 7.05 Å². The highest BCUT2D eigenvalue weighted by molar-refractivity contribution is 7.85. The Morgan fingerprint density at radius 1 is 1.17 bits per heavy atom. The summed E-state index contributed by atoms with van der Waals surface area (Å²) in [5.41, 5.74) is -0.926. The van der Waals surface area contributed by atoms with Gasteiger partial charge in [0.25, 0.3) is 0 Å². The van der Waals surface area contributed by atoms with Gasteiger partial charge in [-0.25, -0.2) is 15.0 Å². The molecule has 0 aromatic carbocycles. The molecule has 1 unspecified atom stereocenters. The van der Waals surface area contributed by atoms with Crippen molar-refractivity contribution >= 4 is 22.0 Å². The minimum atomic E-state index is -5.74. The quantitative estimate of drug-likeness (QED) is 0.568. The van der Waals surface area contributed by atoms with Crippen LogP contribution in [0.15, 0.2) is 17.3 Å². The third-order valence-corrected chi connectivity index (χ3v) is 6.52. The van der Waals surface area contributed by atoms with Gasteiger partial charge in [-0.2, -0.15) is 22.0 Å². The number of fused-ring (bicyclic) bond motifs is 2. The van der Waals surface area contributed by atoms with Crippen LogP contribution in [-0.4, -0.2) is 40.2 Å². The highest BCUT2D eigenvalue weighted by Crippen LogP contribution is 2.44. The molecule has 0 bridgehead atoms. The van der Waals surface area contributed by atoms with E-state index in [1.165, 1.54) is 4.57 Å². The molecule has 4 heterocycles. The Balaban J connectivity index is 1.90. The molecular formula is C18H18F5N5OS. The molecular weight excluding hydrogens is 429 g/mol. The predicted molar refractivity (Wildman–Crippen MR) is 99.6 cm³/mol. The minimum absolute atomic E-state index is 0.117. The van der Waals surface area contributed by atoms with Crippen molar-refractivity contribution in [1.29, 1.82) is 0 Å². The molecule has 0 saturated heterocycles. The van der Waals surface area contributed by atoms with Crippen molar-refractivity contribution < 1.29 is 26.2 Å². The lowest BCUT2D eigenvalue weighted by atomic mass is 10.1. The van der Waals surface area contributed by atoms with E-state index < -0.39 is 28.5 Å². The predicted octanol–water partition coefficient (Wildman–Crippen LogP) is 3.95. The Kier molecular flexibility index (Phi) is 4.94. The summed E-state index contributed by atoms with van der Waals surface area (Å²) in [5.74, 6) is -3.71. The normalized spacial score (nSPS) is 16.1. The topological polar surface area (TPSA) is 65.6 Å². The first-order chi connectivity index (χ1) is 14.1. The van der Waals surface area contributed by atoms with Gasteiger partial charge in [-0.1, -0.05) is 6.92 Å². The molecule has 0 aliphatic carbocycles. The Bertz CT molecular complexity index is 1150. The summed E-state index contributed by atoms with van der Waals surface area (Å²) >= 11 is 0. The van der Waals surface area contributed by atoms with Gasteiger partial charge in [-0.05, 0) is 18.9 Å². The summed E-state index contributed by atoms with van der Waals surface area (Å²) in [6.07, 6.45) is -2.68. The summed E-state index contributed by atoms with van der Waals surface area (Å²) in [4.78, 5) is 12.6. The standard InChI is InChI=1S/C18H18F5N5OS/c1-3-30(29)16-13(26-12-6-4-5-7-28(12)16)15-25-11-8-10(9-24-14(11)27(15)2)17(19,20)18(21,22)23/h8-9H,3-7H2,1-2H3. The van der Waals surface area contributed by atoms with Crippen LogP contribution < -0.4 is 0 Å². The van der Waals surface area contributed by atoms with E-state index in [-0.39, 0.29) is 17.0 Å². The lowest BCUT2D eigenvalue weighted by Gasteiger charge is -2.19. The molecule has 0 fully saturated rings. The zero-order valence-electron chi connectivity index (χ0n) is 16.1. The Hall–Kier alpha value is -2.37. The van der Waals surface area contributed by atoms with Gasteiger partial charge in [0.15, 0.2) is 11.5 Å². The van der Waals surface area contributed by atoms with E-state index in [4.69, 9.17) is 0 Å². The molecule has 1 aliphatic rings. The van der Waals surface area contributed by atoms with Crippen LogP contribution >= 0.6 is 0 Å². The molecule has 0 amide bonds. The molecule has 162 valence electrons. The molecule has 3 aromatic rings. The van der Waals surface area contributed by atoms with E-state index in [1.807, 2.05) is 4.57 Å². The third-order valence-electron chi connectivity index (χ3n) is 5.15. The molecule has 4 rings (SSSR count). The van der Waals surface area contributed by atoms with Gasteiger partial charge in [0.2, 0.25) is 0 Å². The maximum Gasteiger partial charge on any atom is 0.458 e. The first kappa shape index (κ1) is 20.9. The number of alkyl halides is 5. The Labute approximate surface area is 170 Å². The molecule has 6 nitrogen and oxygen atoms in total. The van der Waals surface area contributed by atoms with Gasteiger partial charge in [0.05, 0.1) is 16.4 Å². The number of aryl methyl sites for hydroxylation is 2. The minimum Gasteiger partial charge on any atom is -0.321 e. The van der Waals surface area contributed by atoms with Crippen molar-refractivity contribution in [3.8, 4) is 11.5 Å². The van der Waals surface area contributed by atoms with E-state index in [0.717, 1.165) is 18.7 Å². The second-order valence-electron chi connectivity index (χ2n) is 7.06. The van der Waals surface area contributed by atoms with Crippen molar-refractivity contribution in [3.05, 3.63) is 23.7 Å². The number of halogens is 5. The average Bonchev–Trinajstić information content (AvgIpc) is 3.24. The highest BCUT2D eigenvalue weighted by Gasteiger charge is 2.59. The van der Waals surface area contributed by atoms with Gasteiger partial charge in [0, 0.05) is 32.0 Å². The summed E-state index contributed by atoms with van der Waals surface area (Å²) < 4.78 is 81.8. The van der Waals surface area contributed by atoms with Gasteiger partial charge in [-0.15, -0.1) is 0 Å². The number of aromatic nitrogens is 5. The summed E-state index contributed by atoms with van der Waals surface area (Å²) in [7, 11) is 0.203. The van der Waals surface area contributed by atoms with Gasteiger partial charge < -0.3 is 9.13 Å². The molecule has 1 aliphatic heterocycles. The SMILES string of the molecule is CCS(=O)c1c(-c2nc3cc(C(F)(F)C(F)(F)F)cnc3n2C)nc2n1CCCC2. The van der Waals surface area contributed by atoms with Crippen LogP contribution in [0, 0.1) is 0 Å². The molecule has 30 heavy (non-hydrogen) atoms. The molecule has 0 saturated carbocycles. The molecule has 0 radical (unpaired) electrons. The van der Waals surface area contributed by atoms with Crippen molar-refractivity contribution in [3.63, 3.8) is 0 Å². The number of rotatable bonds is 4. The van der Waals surface area contributed by atoms with Crippen LogP contribution in [0.5, 0.6) is 0 Å². The van der Waals surface area contributed by atoms with Crippen LogP contribution in [0.2, 0.25) is 0 Å². The number of nitrogens with zero attached hydrogens (tertiary/aromatic N) is 5. The van der Waals surface area contributed by atoms with Gasteiger partial charge in [-0.3, -0.25) is 4.21 Å². The number of hydrogen-bond donors (Lipinski definition) is 0. The largest absolute Gasteiger partial charge is 0.458 e. The number of imidazole rings is 2. The number of pyridine rings is 1. The van der Waals surface area contributed by atoms with Gasteiger partial charge >= 0.3 is 12.1 Å². The van der Waals surface area contributed by atoms with E-state index >= 15 is 0 Å². The summed E-state index contributed by atoms with van der Waals surface area (Å²) in [6, 6.07) is 0.686. The van der Waals surface area contributed by atoms with Crippen molar-refractivity contribution in [2.75, 3.05) is 5.75 Å². The van der Waals surface area contributed by atoms with Crippen LogP contribution in [0.25, 0.3) is 22.7 Å². The molecule has 0 N–H and O–H groups in total. The molecule has 0 spiro atoms. The Morgan fingerprint density at radius 3 is 2.57 bits per heavy atom. The average molecular weight is 447 g/mol. The highest BCUT2D eigenvalue weighted by atomic mass is 32.2. The van der Waals surface area contributed by atoms with Crippen LogP contribution in [-0.2, 0) is 36.7 Å². The summed E-state index contributed by atoms with van der Waals surface area (Å²) in [5, 5.41) is 0.492. The lowest BCUT2D eigenvalue weighted by Crippen LogP contribution is -2.33. The fraction of sp³-hybridized carbons (Fsp3) is 0.500. The first-order valence-corrected chi connectivity index (χ1v) is 10.6. The fourth-order valence-electron chi connectivity index (χ4n) is 3.59. The zero-order valence-corrected chi connectivity index (χ0v) is 16.9. The van der Waals surface area contributed by atoms with Crippen LogP contribution in [0.4, 0.5) is 22.0 Å². The van der Waals surface area contributed by atoms with Crippen LogP contribution in [0.3, 0.4) is 0 Å². The van der Waals surface area contributed by atoms with Crippen LogP contribution in [0.1, 0.15) is 31.2 Å². The van der Waals surface area contributed by atoms with E-state index in [9.17, 15) is 26.2 Å². The van der Waals surface area contributed by atoms with E-state index in [0.29, 0.717) is 41.7 Å². The number of hydrogen-bond acceptors (Lipinski definition) is 4. The molecule has 12 heteroatoms. The van der Waals surface area contributed by atoms with E-state index in [2.05, 4.69) is 15.0 Å². The van der Waals surface area contributed by atoms with Gasteiger partial charge in [0.1, 0.15) is 22.1 Å². The second kappa shape index (κ2) is 7.10. The second-order valence-corrected chi connectivity index (χ2v) is 8.71. The van der Waals surface area contributed by atoms with Crippen molar-refractivity contribution in [1.82, 2.24) is 24.1 Å². The lowest BCUT2D eigenvalue weighted by molar-refractivity contribution is -0.289.